The van der Waals surface area contributed by atoms with Crippen LogP contribution in [0.25, 0.3) is 0 Å². The van der Waals surface area contributed by atoms with Crippen LogP contribution in [0.5, 0.6) is 0 Å². The number of aromatic carboxylic acids is 1. The first-order valence-corrected chi connectivity index (χ1v) is 8.36. The van der Waals surface area contributed by atoms with Gasteiger partial charge < -0.3 is 9.63 Å². The number of hydrogen-bond donors (Lipinski definition) is 2. The normalized spacial score (nSPS) is 13.3. The van der Waals surface area contributed by atoms with E-state index in [0.29, 0.717) is 17.0 Å². The van der Waals surface area contributed by atoms with E-state index in [1.807, 2.05) is 0 Å². The molecule has 21 heavy (non-hydrogen) atoms. The van der Waals surface area contributed by atoms with Gasteiger partial charge in [-0.15, -0.1) is 11.3 Å². The molecule has 0 fully saturated rings. The van der Waals surface area contributed by atoms with Crippen molar-refractivity contribution in [3.63, 3.8) is 0 Å². The fourth-order valence-corrected chi connectivity index (χ4v) is 4.60. The highest BCUT2D eigenvalue weighted by atomic mass is 32.2. The van der Waals surface area contributed by atoms with Crippen LogP contribution in [0.3, 0.4) is 0 Å². The second kappa shape index (κ2) is 5.58. The molecule has 2 heterocycles. The molecule has 9 heteroatoms. The fourth-order valence-electron chi connectivity index (χ4n) is 2.13. The summed E-state index contributed by atoms with van der Waals surface area (Å²) in [6, 6.07) is 0.694. The summed E-state index contributed by atoms with van der Waals surface area (Å²) in [5.41, 5.74) is 1.23. The Morgan fingerprint density at radius 2 is 2.14 bits per heavy atom. The quantitative estimate of drug-likeness (QED) is 0.868. The average Bonchev–Trinajstić information content (AvgIpc) is 2.96. The molecular weight excluding hydrogens is 316 g/mol. The Hall–Kier alpha value is -1.71. The molecule has 1 unspecified atom stereocenters. The molecule has 7 nitrogen and oxygen atoms in total. The highest BCUT2D eigenvalue weighted by Gasteiger charge is 2.27. The van der Waals surface area contributed by atoms with Crippen LogP contribution >= 0.6 is 11.3 Å². The van der Waals surface area contributed by atoms with Gasteiger partial charge in [-0.25, -0.2) is 17.9 Å². The predicted octanol–water partition coefficient (Wildman–Crippen LogP) is 2.09. The Balaban J connectivity index is 2.34. The van der Waals surface area contributed by atoms with Crippen molar-refractivity contribution < 1.29 is 22.8 Å². The van der Waals surface area contributed by atoms with Crippen molar-refractivity contribution in [2.45, 2.75) is 31.7 Å². The zero-order chi connectivity index (χ0) is 15.8. The second-order valence-corrected chi connectivity index (χ2v) is 7.10. The summed E-state index contributed by atoms with van der Waals surface area (Å²) in [4.78, 5) is 10.6. The molecule has 0 amide bonds. The van der Waals surface area contributed by atoms with Gasteiger partial charge in [-0.05, 0) is 32.2 Å². The molecule has 114 valence electrons. The smallest absolute Gasteiger partial charge is 0.347 e. The number of sulfonamides is 1. The number of carboxylic acids is 1. The van der Waals surface area contributed by atoms with Crippen LogP contribution in [0.15, 0.2) is 20.9 Å². The number of aryl methyl sites for hydroxylation is 2. The van der Waals surface area contributed by atoms with Crippen molar-refractivity contribution >= 4 is 27.3 Å². The average molecular weight is 330 g/mol. The predicted molar refractivity (Wildman–Crippen MR) is 76.0 cm³/mol. The van der Waals surface area contributed by atoms with Gasteiger partial charge >= 0.3 is 5.97 Å². The molecule has 0 bridgehead atoms. The van der Waals surface area contributed by atoms with E-state index in [1.165, 1.54) is 11.4 Å². The maximum Gasteiger partial charge on any atom is 0.347 e. The zero-order valence-electron chi connectivity index (χ0n) is 11.6. The lowest BCUT2D eigenvalue weighted by molar-refractivity contribution is 0.0698. The molecule has 0 aliphatic carbocycles. The Morgan fingerprint density at radius 3 is 2.67 bits per heavy atom. The SMILES string of the molecule is Cc1noc(C)c1C(C)NS(=O)(=O)c1ccsc1C(=O)O. The topological polar surface area (TPSA) is 110 Å². The number of aromatic nitrogens is 1. The van der Waals surface area contributed by atoms with Crippen LogP contribution in [-0.4, -0.2) is 24.7 Å². The minimum absolute atomic E-state index is 0.214. The van der Waals surface area contributed by atoms with E-state index < -0.39 is 22.0 Å². The second-order valence-electron chi connectivity index (χ2n) is 4.50. The van der Waals surface area contributed by atoms with E-state index in [0.717, 1.165) is 11.3 Å². The molecule has 0 spiro atoms. The van der Waals surface area contributed by atoms with Crippen LogP contribution in [0, 0.1) is 13.8 Å². The van der Waals surface area contributed by atoms with E-state index >= 15 is 0 Å². The molecule has 2 aromatic rings. The third kappa shape index (κ3) is 2.99. The highest BCUT2D eigenvalue weighted by molar-refractivity contribution is 7.89. The summed E-state index contributed by atoms with van der Waals surface area (Å²) in [5, 5.41) is 14.2. The van der Waals surface area contributed by atoms with Crippen LogP contribution in [0.2, 0.25) is 0 Å². The van der Waals surface area contributed by atoms with E-state index in [4.69, 9.17) is 9.63 Å². The van der Waals surface area contributed by atoms with E-state index in [1.54, 1.807) is 20.8 Å². The zero-order valence-corrected chi connectivity index (χ0v) is 13.2. The van der Waals surface area contributed by atoms with Crippen molar-refractivity contribution in [1.29, 1.82) is 0 Å². The maximum atomic E-state index is 12.3. The first kappa shape index (κ1) is 15.7. The van der Waals surface area contributed by atoms with Crippen molar-refractivity contribution in [2.24, 2.45) is 0 Å². The first-order chi connectivity index (χ1) is 9.74. The molecule has 0 saturated carbocycles. The lowest BCUT2D eigenvalue weighted by Crippen LogP contribution is -2.28. The Bertz CT molecular complexity index is 756. The first-order valence-electron chi connectivity index (χ1n) is 6.00. The van der Waals surface area contributed by atoms with Crippen molar-refractivity contribution in [1.82, 2.24) is 9.88 Å². The Labute approximate surface area is 125 Å². The minimum atomic E-state index is -3.94. The summed E-state index contributed by atoms with van der Waals surface area (Å²) < 4.78 is 32.1. The fraction of sp³-hybridized carbons (Fsp3) is 0.333. The van der Waals surface area contributed by atoms with Gasteiger partial charge in [0, 0.05) is 11.6 Å². The molecule has 0 aliphatic heterocycles. The summed E-state index contributed by atoms with van der Waals surface area (Å²) in [5.74, 6) is -0.748. The maximum absolute atomic E-state index is 12.3. The van der Waals surface area contributed by atoms with Gasteiger partial charge in [0.2, 0.25) is 10.0 Å². The van der Waals surface area contributed by atoms with E-state index in [-0.39, 0.29) is 9.77 Å². The number of nitrogens with one attached hydrogen (secondary N) is 1. The molecule has 1 atom stereocenters. The molecule has 0 aliphatic rings. The van der Waals surface area contributed by atoms with Gasteiger partial charge in [0.15, 0.2) is 0 Å². The number of thiophene rings is 1. The standard InChI is InChI=1S/C12H14N2O5S2/c1-6-10(8(3)19-13-6)7(2)14-21(17,18)9-4-5-20-11(9)12(15)16/h4-5,7,14H,1-3H3,(H,15,16). The number of nitrogens with zero attached hydrogens (tertiary/aromatic N) is 1. The molecular formula is C12H14N2O5S2. The highest BCUT2D eigenvalue weighted by Crippen LogP contribution is 2.26. The summed E-state index contributed by atoms with van der Waals surface area (Å²) in [7, 11) is -3.94. The van der Waals surface area contributed by atoms with Gasteiger partial charge in [-0.2, -0.15) is 0 Å². The molecule has 0 saturated heterocycles. The van der Waals surface area contributed by atoms with Gasteiger partial charge in [-0.1, -0.05) is 5.16 Å². The van der Waals surface area contributed by atoms with Gasteiger partial charge in [0.1, 0.15) is 15.5 Å². The van der Waals surface area contributed by atoms with Crippen LogP contribution in [0.1, 0.15) is 39.7 Å². The van der Waals surface area contributed by atoms with Crippen molar-refractivity contribution in [3.8, 4) is 0 Å². The number of rotatable bonds is 5. The minimum Gasteiger partial charge on any atom is -0.477 e. The Kier molecular flexibility index (Phi) is 4.17. The monoisotopic (exact) mass is 330 g/mol. The van der Waals surface area contributed by atoms with Gasteiger partial charge in [0.25, 0.3) is 0 Å². The van der Waals surface area contributed by atoms with Crippen molar-refractivity contribution in [2.75, 3.05) is 0 Å². The van der Waals surface area contributed by atoms with Crippen LogP contribution in [-0.2, 0) is 10.0 Å². The van der Waals surface area contributed by atoms with Gasteiger partial charge in [-0.3, -0.25) is 0 Å². The summed E-state index contributed by atoms with van der Waals surface area (Å²) >= 11 is 0.866. The number of carboxylic acid groups (broad SMARTS) is 1. The lowest BCUT2D eigenvalue weighted by Gasteiger charge is -2.13. The molecule has 2 aromatic heterocycles. The lowest BCUT2D eigenvalue weighted by atomic mass is 10.1. The van der Waals surface area contributed by atoms with E-state index in [9.17, 15) is 13.2 Å². The largest absolute Gasteiger partial charge is 0.477 e. The molecule has 2 rings (SSSR count). The van der Waals surface area contributed by atoms with Crippen molar-refractivity contribution in [3.05, 3.63) is 33.3 Å². The third-order valence-electron chi connectivity index (χ3n) is 2.97. The molecule has 2 N–H and O–H groups in total. The van der Waals surface area contributed by atoms with Gasteiger partial charge in [0.05, 0.1) is 5.69 Å². The van der Waals surface area contributed by atoms with Crippen LogP contribution < -0.4 is 4.72 Å². The number of carbonyl (C=O) groups is 1. The summed E-state index contributed by atoms with van der Waals surface area (Å²) in [6.45, 7) is 5.05. The molecule has 0 aromatic carbocycles. The third-order valence-corrected chi connectivity index (χ3v) is 5.58. The Morgan fingerprint density at radius 1 is 1.48 bits per heavy atom. The van der Waals surface area contributed by atoms with E-state index in [2.05, 4.69) is 9.88 Å². The van der Waals surface area contributed by atoms with Crippen LogP contribution in [0.4, 0.5) is 0 Å². The number of hydrogen-bond acceptors (Lipinski definition) is 6. The summed E-state index contributed by atoms with van der Waals surface area (Å²) in [6.07, 6.45) is 0. The molecule has 0 radical (unpaired) electrons.